The molecule has 2 aliphatic rings. The highest BCUT2D eigenvalue weighted by molar-refractivity contribution is 6.08. The minimum Gasteiger partial charge on any atom is -0.451 e. The number of nitrogens with one attached hydrogen (secondary N) is 1. The Morgan fingerprint density at radius 1 is 1.14 bits per heavy atom. The molecule has 1 amide bonds. The molecule has 3 N–H and O–H groups in total. The number of benzene rings is 2. The van der Waals surface area contributed by atoms with Gasteiger partial charge in [-0.05, 0) is 81.9 Å². The highest BCUT2D eigenvalue weighted by Gasteiger charge is 2.29. The summed E-state index contributed by atoms with van der Waals surface area (Å²) in [5, 5.41) is 4.28. The van der Waals surface area contributed by atoms with E-state index in [-0.39, 0.29) is 33.7 Å². The lowest BCUT2D eigenvalue weighted by atomic mass is 10.00. The Kier molecular flexibility index (Phi) is 6.70. The molecule has 10 heteroatoms. The number of hydrogen-bond acceptors (Lipinski definition) is 7. The van der Waals surface area contributed by atoms with Crippen LogP contribution in [0.4, 0.5) is 10.1 Å². The number of aryl methyl sites for hydroxylation is 1. The van der Waals surface area contributed by atoms with Crippen LogP contribution in [0.5, 0.6) is 0 Å². The topological polar surface area (TPSA) is 113 Å². The number of carbonyl (C=O) groups is 1. The number of unbranched alkanes of at least 4 members (excludes halogenated alkanes) is 1. The molecule has 0 saturated carbocycles. The number of anilines is 1. The van der Waals surface area contributed by atoms with Crippen molar-refractivity contribution in [1.82, 2.24) is 14.6 Å². The van der Waals surface area contributed by atoms with Gasteiger partial charge in [-0.2, -0.15) is 0 Å². The van der Waals surface area contributed by atoms with Gasteiger partial charge in [0, 0.05) is 42.8 Å². The Labute approximate surface area is 246 Å². The lowest BCUT2D eigenvalue weighted by Gasteiger charge is -2.22. The molecule has 3 aromatic carbocycles. The van der Waals surface area contributed by atoms with E-state index in [1.165, 1.54) is 12.3 Å². The van der Waals surface area contributed by atoms with Gasteiger partial charge in [0.15, 0.2) is 22.4 Å². The molecule has 0 unspecified atom stereocenters. The first-order chi connectivity index (χ1) is 20.7. The van der Waals surface area contributed by atoms with E-state index >= 15 is 4.39 Å². The SMILES string of the molecule is CN(C)CCCCNC(=O)c1cn2c3cc4c5c(c(=O)c4cc3oc3c(N4CC[C@H](N)C4)c(F)cc(c1=O)c32)C=CCC5. The van der Waals surface area contributed by atoms with Gasteiger partial charge in [0.1, 0.15) is 16.8 Å². The molecule has 1 aliphatic carbocycles. The zero-order valence-electron chi connectivity index (χ0n) is 24.3. The van der Waals surface area contributed by atoms with Crippen LogP contribution in [0.2, 0.25) is 0 Å². The number of nitrogens with two attached hydrogens (primary N) is 1. The van der Waals surface area contributed by atoms with E-state index < -0.39 is 17.2 Å². The first-order valence-electron chi connectivity index (χ1n) is 14.9. The number of allylic oxidation sites excluding steroid dienone is 1. The number of aromatic nitrogens is 1. The van der Waals surface area contributed by atoms with Crippen molar-refractivity contribution < 1.29 is 13.6 Å². The Morgan fingerprint density at radius 3 is 2.74 bits per heavy atom. The summed E-state index contributed by atoms with van der Waals surface area (Å²) in [5.41, 5.74) is 8.87. The molecule has 9 nitrogen and oxygen atoms in total. The lowest BCUT2D eigenvalue weighted by molar-refractivity contribution is 0.0951. The zero-order chi connectivity index (χ0) is 30.0. The summed E-state index contributed by atoms with van der Waals surface area (Å²) in [6.07, 6.45) is 9.33. The molecule has 1 saturated heterocycles. The predicted octanol–water partition coefficient (Wildman–Crippen LogP) is 3.86. The maximum Gasteiger partial charge on any atom is 0.256 e. The zero-order valence-corrected chi connectivity index (χ0v) is 24.3. The Hall–Kier alpha value is -4.28. The molecule has 2 aromatic heterocycles. The quantitative estimate of drug-likeness (QED) is 0.170. The standard InChI is InChI=1S/C33H34FN5O4/c1-37(2)11-6-5-10-36-33(42)24-17-39-26-14-21-19-7-3-4-8-20(19)30(40)22(21)15-27(26)43-32-28(39)23(31(24)41)13-25(34)29(32)38-12-9-18(35)16-38/h4,8,13-15,17-18H,3,5-7,9-12,16,35H2,1-2H3,(H,36,42)/t18-/m0/s1. The van der Waals surface area contributed by atoms with Crippen LogP contribution in [0.1, 0.15) is 47.2 Å². The Balaban J connectivity index is 1.48. The van der Waals surface area contributed by atoms with Crippen molar-refractivity contribution in [3.63, 3.8) is 0 Å². The molecule has 222 valence electrons. The summed E-state index contributed by atoms with van der Waals surface area (Å²) in [6, 6.07) is 4.70. The van der Waals surface area contributed by atoms with Crippen LogP contribution < -0.4 is 26.8 Å². The fourth-order valence-corrected chi connectivity index (χ4v) is 6.69. The summed E-state index contributed by atoms with van der Waals surface area (Å²) in [5.74, 6) is -1.13. The number of fused-ring (bicyclic) bond motifs is 5. The second kappa shape index (κ2) is 10.5. The number of hydrogen-bond donors (Lipinski definition) is 2. The summed E-state index contributed by atoms with van der Waals surface area (Å²) < 4.78 is 24.1. The molecule has 1 aliphatic heterocycles. The van der Waals surface area contributed by atoms with E-state index in [0.717, 1.165) is 43.2 Å². The number of nitrogens with zero attached hydrogens (tertiary/aromatic N) is 3. The molecule has 0 spiro atoms. The van der Waals surface area contributed by atoms with Crippen LogP contribution in [0.25, 0.3) is 44.4 Å². The molecule has 7 rings (SSSR count). The van der Waals surface area contributed by atoms with Gasteiger partial charge >= 0.3 is 0 Å². The Bertz CT molecular complexity index is 2080. The number of carbonyl (C=O) groups excluding carboxylic acids is 1. The second-order valence-corrected chi connectivity index (χ2v) is 12.1. The number of halogens is 1. The van der Waals surface area contributed by atoms with Crippen molar-refractivity contribution in [2.75, 3.05) is 45.2 Å². The summed E-state index contributed by atoms with van der Waals surface area (Å²) in [4.78, 5) is 44.4. The molecule has 43 heavy (non-hydrogen) atoms. The van der Waals surface area contributed by atoms with Crippen LogP contribution in [0.15, 0.2) is 44.5 Å². The van der Waals surface area contributed by atoms with Crippen LogP contribution in [-0.2, 0) is 6.42 Å². The van der Waals surface area contributed by atoms with Crippen LogP contribution in [-0.4, -0.2) is 61.5 Å². The molecule has 0 bridgehead atoms. The van der Waals surface area contributed by atoms with Gasteiger partial charge in [0.2, 0.25) is 5.43 Å². The maximum absolute atomic E-state index is 15.9. The fourth-order valence-electron chi connectivity index (χ4n) is 6.69. The molecule has 0 radical (unpaired) electrons. The van der Waals surface area contributed by atoms with Crippen LogP contribution in [0, 0.1) is 5.82 Å². The Morgan fingerprint density at radius 2 is 1.98 bits per heavy atom. The maximum atomic E-state index is 15.9. The van der Waals surface area contributed by atoms with Crippen molar-refractivity contribution >= 4 is 56.0 Å². The van der Waals surface area contributed by atoms with Gasteiger partial charge in [-0.1, -0.05) is 12.2 Å². The molecule has 1 atom stereocenters. The minimum absolute atomic E-state index is 0.0581. The minimum atomic E-state index is -0.621. The first kappa shape index (κ1) is 27.5. The summed E-state index contributed by atoms with van der Waals surface area (Å²) in [7, 11) is 3.98. The average Bonchev–Trinajstić information content (AvgIpc) is 3.53. The molecular formula is C33H34FN5O4. The highest BCUT2D eigenvalue weighted by atomic mass is 19.1. The van der Waals surface area contributed by atoms with Gasteiger partial charge in [-0.25, -0.2) is 4.39 Å². The van der Waals surface area contributed by atoms with Crippen LogP contribution >= 0.6 is 0 Å². The van der Waals surface area contributed by atoms with Crippen LogP contribution in [0.3, 0.4) is 0 Å². The van der Waals surface area contributed by atoms with Gasteiger partial charge in [0.25, 0.3) is 5.91 Å². The third kappa shape index (κ3) is 4.47. The second-order valence-electron chi connectivity index (χ2n) is 12.1. The number of rotatable bonds is 7. The summed E-state index contributed by atoms with van der Waals surface area (Å²) in [6.45, 7) is 2.28. The van der Waals surface area contributed by atoms with Crippen molar-refractivity contribution in [3.05, 3.63) is 73.4 Å². The van der Waals surface area contributed by atoms with E-state index in [2.05, 4.69) is 10.2 Å². The van der Waals surface area contributed by atoms with E-state index in [1.54, 1.807) is 10.5 Å². The average molecular weight is 584 g/mol. The number of amides is 1. The van der Waals surface area contributed by atoms with Crippen molar-refractivity contribution in [3.8, 4) is 0 Å². The van der Waals surface area contributed by atoms with Crippen molar-refractivity contribution in [2.45, 2.75) is 38.1 Å². The normalized spacial score (nSPS) is 16.9. The van der Waals surface area contributed by atoms with Gasteiger partial charge in [-0.3, -0.25) is 14.4 Å². The fraction of sp³-hybridized carbons (Fsp3) is 0.364. The van der Waals surface area contributed by atoms with Crippen molar-refractivity contribution in [2.24, 2.45) is 5.73 Å². The van der Waals surface area contributed by atoms with E-state index in [4.69, 9.17) is 10.2 Å². The monoisotopic (exact) mass is 583 g/mol. The molecule has 5 aromatic rings. The summed E-state index contributed by atoms with van der Waals surface area (Å²) >= 11 is 0. The third-order valence-electron chi connectivity index (χ3n) is 8.83. The lowest BCUT2D eigenvalue weighted by Crippen LogP contribution is -2.31. The first-order valence-corrected chi connectivity index (χ1v) is 14.9. The largest absolute Gasteiger partial charge is 0.451 e. The van der Waals surface area contributed by atoms with E-state index in [1.807, 2.05) is 37.2 Å². The van der Waals surface area contributed by atoms with Gasteiger partial charge in [0.05, 0.1) is 10.9 Å². The van der Waals surface area contributed by atoms with Crippen molar-refractivity contribution in [1.29, 1.82) is 0 Å². The van der Waals surface area contributed by atoms with Gasteiger partial charge in [-0.15, -0.1) is 0 Å². The van der Waals surface area contributed by atoms with Gasteiger partial charge < -0.3 is 29.7 Å². The highest BCUT2D eigenvalue weighted by Crippen LogP contribution is 2.38. The predicted molar refractivity (Wildman–Crippen MR) is 168 cm³/mol. The molecule has 1 fully saturated rings. The molecule has 3 heterocycles. The molecular weight excluding hydrogens is 549 g/mol. The van der Waals surface area contributed by atoms with E-state index in [9.17, 15) is 14.4 Å². The number of pyridine rings is 1. The van der Waals surface area contributed by atoms with E-state index in [0.29, 0.717) is 53.6 Å². The smallest absolute Gasteiger partial charge is 0.256 e. The third-order valence-corrected chi connectivity index (χ3v) is 8.83.